The van der Waals surface area contributed by atoms with E-state index in [4.69, 9.17) is 9.15 Å². The third-order valence-corrected chi connectivity index (χ3v) is 3.56. The fourth-order valence-electron chi connectivity index (χ4n) is 1.88. The van der Waals surface area contributed by atoms with Gasteiger partial charge in [-0.1, -0.05) is 15.9 Å². The number of ether oxygens (including phenoxy) is 1. The van der Waals surface area contributed by atoms with Crippen molar-refractivity contribution in [3.8, 4) is 11.5 Å². The molecule has 3 rings (SSSR count). The third-order valence-electron chi connectivity index (χ3n) is 3.04. The summed E-state index contributed by atoms with van der Waals surface area (Å²) in [6, 6.07) is 9.77. The first-order valence-corrected chi connectivity index (χ1v) is 7.53. The number of carbonyl (C=O) groups is 1. The number of hydrogen-bond acceptors (Lipinski definition) is 5. The summed E-state index contributed by atoms with van der Waals surface area (Å²) < 4.78 is 37.5. The lowest BCUT2D eigenvalue weighted by Crippen LogP contribution is -2.08. The van der Waals surface area contributed by atoms with Crippen LogP contribution in [0.3, 0.4) is 0 Å². The quantitative estimate of drug-likeness (QED) is 0.622. The number of rotatable bonds is 4. The van der Waals surface area contributed by atoms with E-state index in [1.807, 2.05) is 12.1 Å². The van der Waals surface area contributed by atoms with Crippen molar-refractivity contribution in [3.05, 3.63) is 70.0 Å². The zero-order chi connectivity index (χ0) is 17.1. The summed E-state index contributed by atoms with van der Waals surface area (Å²) in [6.07, 6.45) is 0. The molecule has 1 heterocycles. The van der Waals surface area contributed by atoms with Crippen molar-refractivity contribution < 1.29 is 22.7 Å². The molecular formula is C16H9BrF2N2O3. The van der Waals surface area contributed by atoms with Gasteiger partial charge in [0.15, 0.2) is 6.61 Å². The Hall–Kier alpha value is -2.61. The lowest BCUT2D eigenvalue weighted by Gasteiger charge is -2.03. The maximum atomic E-state index is 13.5. The molecule has 24 heavy (non-hydrogen) atoms. The molecule has 8 heteroatoms. The minimum atomic E-state index is -0.999. The first-order valence-electron chi connectivity index (χ1n) is 6.73. The van der Waals surface area contributed by atoms with E-state index < -0.39 is 17.6 Å². The number of benzene rings is 2. The molecule has 0 fully saturated rings. The maximum Gasteiger partial charge on any atom is 0.341 e. The Labute approximate surface area is 143 Å². The van der Waals surface area contributed by atoms with Gasteiger partial charge in [0.1, 0.15) is 11.6 Å². The van der Waals surface area contributed by atoms with Gasteiger partial charge >= 0.3 is 5.97 Å². The van der Waals surface area contributed by atoms with Gasteiger partial charge in [0.05, 0.1) is 5.56 Å². The zero-order valence-electron chi connectivity index (χ0n) is 12.0. The Morgan fingerprint density at radius 2 is 1.88 bits per heavy atom. The van der Waals surface area contributed by atoms with Gasteiger partial charge in [-0.05, 0) is 36.4 Å². The first kappa shape index (κ1) is 16.3. The highest BCUT2D eigenvalue weighted by atomic mass is 79.9. The van der Waals surface area contributed by atoms with E-state index in [9.17, 15) is 13.6 Å². The second-order valence-electron chi connectivity index (χ2n) is 4.71. The van der Waals surface area contributed by atoms with Crippen LogP contribution in [-0.2, 0) is 11.3 Å². The molecule has 1 aromatic heterocycles. The molecule has 0 saturated carbocycles. The Balaban J connectivity index is 1.67. The van der Waals surface area contributed by atoms with Crippen LogP contribution >= 0.6 is 15.9 Å². The average molecular weight is 395 g/mol. The van der Waals surface area contributed by atoms with Crippen molar-refractivity contribution in [2.24, 2.45) is 0 Å². The number of halogens is 3. The molecule has 5 nitrogen and oxygen atoms in total. The van der Waals surface area contributed by atoms with Gasteiger partial charge in [-0.15, -0.1) is 10.2 Å². The fraction of sp³-hybridized carbons (Fsp3) is 0.0625. The molecule has 0 unspecified atom stereocenters. The van der Waals surface area contributed by atoms with Crippen molar-refractivity contribution in [1.29, 1.82) is 0 Å². The van der Waals surface area contributed by atoms with E-state index in [1.165, 1.54) is 0 Å². The molecule has 0 bridgehead atoms. The second kappa shape index (κ2) is 6.88. The van der Waals surface area contributed by atoms with Gasteiger partial charge in [0.2, 0.25) is 5.89 Å². The Morgan fingerprint density at radius 1 is 1.12 bits per heavy atom. The van der Waals surface area contributed by atoms with Gasteiger partial charge in [-0.25, -0.2) is 13.6 Å². The van der Waals surface area contributed by atoms with Crippen molar-refractivity contribution in [1.82, 2.24) is 10.2 Å². The number of hydrogen-bond donors (Lipinski definition) is 0. The number of nitrogens with zero attached hydrogens (tertiary/aromatic N) is 2. The summed E-state index contributed by atoms with van der Waals surface area (Å²) in [6.45, 7) is -0.320. The monoisotopic (exact) mass is 394 g/mol. The molecule has 2 aromatic carbocycles. The summed E-state index contributed by atoms with van der Waals surface area (Å²) in [5, 5.41) is 7.61. The molecule has 0 saturated heterocycles. The van der Waals surface area contributed by atoms with E-state index in [0.717, 1.165) is 16.6 Å². The lowest BCUT2D eigenvalue weighted by molar-refractivity contribution is 0.0433. The van der Waals surface area contributed by atoms with Crippen LogP contribution in [0.2, 0.25) is 0 Å². The molecule has 0 aliphatic heterocycles. The van der Waals surface area contributed by atoms with E-state index in [-0.39, 0.29) is 24.0 Å². The highest BCUT2D eigenvalue weighted by molar-refractivity contribution is 9.10. The predicted molar refractivity (Wildman–Crippen MR) is 82.9 cm³/mol. The molecule has 122 valence electrons. The molecule has 0 atom stereocenters. The SMILES string of the molecule is O=C(OCc1nnc(-c2ccc(Br)cc2)o1)c1ccc(F)cc1F. The van der Waals surface area contributed by atoms with Gasteiger partial charge in [0.25, 0.3) is 5.89 Å². The van der Waals surface area contributed by atoms with Gasteiger partial charge in [0, 0.05) is 16.1 Å². The van der Waals surface area contributed by atoms with Crippen LogP contribution in [0.1, 0.15) is 16.2 Å². The molecule has 0 radical (unpaired) electrons. The zero-order valence-corrected chi connectivity index (χ0v) is 13.6. The lowest BCUT2D eigenvalue weighted by atomic mass is 10.2. The highest BCUT2D eigenvalue weighted by Crippen LogP contribution is 2.21. The summed E-state index contributed by atoms with van der Waals surface area (Å²) in [5.74, 6) is -2.40. The summed E-state index contributed by atoms with van der Waals surface area (Å²) in [7, 11) is 0. The molecule has 0 aliphatic rings. The molecule has 0 N–H and O–H groups in total. The second-order valence-corrected chi connectivity index (χ2v) is 5.62. The molecule has 0 aliphatic carbocycles. The number of esters is 1. The number of aromatic nitrogens is 2. The molecular weight excluding hydrogens is 386 g/mol. The summed E-state index contributed by atoms with van der Waals surface area (Å²) in [4.78, 5) is 11.8. The van der Waals surface area contributed by atoms with E-state index in [2.05, 4.69) is 26.1 Å². The normalized spacial score (nSPS) is 10.6. The maximum absolute atomic E-state index is 13.5. The minimum Gasteiger partial charge on any atom is -0.452 e. The van der Waals surface area contributed by atoms with Crippen molar-refractivity contribution in [2.75, 3.05) is 0 Å². The molecule has 0 amide bonds. The van der Waals surface area contributed by atoms with Gasteiger partial charge in [-0.3, -0.25) is 0 Å². The summed E-state index contributed by atoms with van der Waals surface area (Å²) in [5.41, 5.74) is 0.330. The Morgan fingerprint density at radius 3 is 2.58 bits per heavy atom. The van der Waals surface area contributed by atoms with Crippen molar-refractivity contribution in [2.45, 2.75) is 6.61 Å². The van der Waals surface area contributed by atoms with Crippen LogP contribution in [0.4, 0.5) is 8.78 Å². The van der Waals surface area contributed by atoms with E-state index in [0.29, 0.717) is 11.6 Å². The molecule has 3 aromatic rings. The number of carbonyl (C=O) groups excluding carboxylic acids is 1. The highest BCUT2D eigenvalue weighted by Gasteiger charge is 2.16. The average Bonchev–Trinajstić information content (AvgIpc) is 3.02. The fourth-order valence-corrected chi connectivity index (χ4v) is 2.15. The minimum absolute atomic E-state index is 0.0591. The first-order chi connectivity index (χ1) is 11.5. The van der Waals surface area contributed by atoms with E-state index >= 15 is 0 Å². The molecule has 0 spiro atoms. The van der Waals surface area contributed by atoms with E-state index in [1.54, 1.807) is 12.1 Å². The Bertz CT molecular complexity index is 881. The largest absolute Gasteiger partial charge is 0.452 e. The van der Waals surface area contributed by atoms with Crippen molar-refractivity contribution >= 4 is 21.9 Å². The summed E-state index contributed by atoms with van der Waals surface area (Å²) >= 11 is 3.32. The van der Waals surface area contributed by atoms with Crippen LogP contribution < -0.4 is 0 Å². The van der Waals surface area contributed by atoms with Crippen LogP contribution in [0.15, 0.2) is 51.4 Å². The topological polar surface area (TPSA) is 65.2 Å². The van der Waals surface area contributed by atoms with Gasteiger partial charge in [-0.2, -0.15) is 0 Å². The standard InChI is InChI=1S/C16H9BrF2N2O3/c17-10-3-1-9(2-4-10)15-21-20-14(24-15)8-23-16(22)12-6-5-11(18)7-13(12)19/h1-7H,8H2. The smallest absolute Gasteiger partial charge is 0.341 e. The van der Waals surface area contributed by atoms with Crippen molar-refractivity contribution in [3.63, 3.8) is 0 Å². The van der Waals surface area contributed by atoms with Crippen LogP contribution in [0.5, 0.6) is 0 Å². The third kappa shape index (κ3) is 3.65. The predicted octanol–water partition coefficient (Wildman–Crippen LogP) is 4.13. The van der Waals surface area contributed by atoms with Gasteiger partial charge < -0.3 is 9.15 Å². The van der Waals surface area contributed by atoms with Crippen LogP contribution in [0.25, 0.3) is 11.5 Å². The Kier molecular flexibility index (Phi) is 4.66. The van der Waals surface area contributed by atoms with Crippen LogP contribution in [0, 0.1) is 11.6 Å². The van der Waals surface area contributed by atoms with Crippen LogP contribution in [-0.4, -0.2) is 16.2 Å².